The maximum atomic E-state index is 9.69. The molecular weight excluding hydrogens is 979 g/mol. The number of benzene rings is 5. The summed E-state index contributed by atoms with van der Waals surface area (Å²) in [7, 11) is 0. The Morgan fingerprint density at radius 2 is 1.12 bits per heavy atom. The Morgan fingerprint density at radius 1 is 0.561 bits per heavy atom. The van der Waals surface area contributed by atoms with Crippen molar-refractivity contribution in [3.8, 4) is 44.9 Å². The van der Waals surface area contributed by atoms with Crippen molar-refractivity contribution in [2.24, 2.45) is 0 Å². The average molecular weight is 1050 g/mol. The van der Waals surface area contributed by atoms with Crippen LogP contribution in [-0.4, -0.2) is 15.0 Å². The second kappa shape index (κ2) is 20.8. The number of aryl methyl sites for hydroxylation is 3. The molecule has 1 fully saturated rings. The summed E-state index contributed by atoms with van der Waals surface area (Å²) in [6.07, 6.45) is 7.34. The zero-order chi connectivity index (χ0) is 50.9. The first kappa shape index (κ1) is 38.3. The van der Waals surface area contributed by atoms with Gasteiger partial charge >= 0.3 is 20.1 Å². The first-order valence-corrected chi connectivity index (χ1v) is 22.9. The largest absolute Gasteiger partial charge is 3.00 e. The van der Waals surface area contributed by atoms with Gasteiger partial charge in [0, 0.05) is 28.2 Å². The van der Waals surface area contributed by atoms with Crippen LogP contribution >= 0.6 is 0 Å². The van der Waals surface area contributed by atoms with Gasteiger partial charge in [0.1, 0.15) is 0 Å². The third kappa shape index (κ3) is 11.2. The number of nitrogens with zero attached hydrogens (tertiary/aromatic N) is 3. The Labute approximate surface area is 417 Å². The number of rotatable bonds is 14. The maximum absolute atomic E-state index is 9.69. The van der Waals surface area contributed by atoms with Gasteiger partial charge in [-0.1, -0.05) is 126 Å². The average Bonchev–Trinajstić information content (AvgIpc) is 3.39. The summed E-state index contributed by atoms with van der Waals surface area (Å²) in [5.41, 5.74) is 10.6. The van der Waals surface area contributed by atoms with Gasteiger partial charge in [-0.25, -0.2) is 0 Å². The fourth-order valence-corrected chi connectivity index (χ4v) is 9.29. The van der Waals surface area contributed by atoms with Crippen LogP contribution in [0.2, 0.25) is 0 Å². The zero-order valence-corrected chi connectivity index (χ0v) is 40.6. The summed E-state index contributed by atoms with van der Waals surface area (Å²) in [5, 5.41) is 0. The van der Waals surface area contributed by atoms with E-state index in [1.165, 1.54) is 49.9 Å². The van der Waals surface area contributed by atoms with Crippen LogP contribution in [0.25, 0.3) is 44.9 Å². The Morgan fingerprint density at radius 3 is 1.64 bits per heavy atom. The summed E-state index contributed by atoms with van der Waals surface area (Å²) in [6.45, 7) is 6.22. The summed E-state index contributed by atoms with van der Waals surface area (Å²) >= 11 is 0. The van der Waals surface area contributed by atoms with Crippen molar-refractivity contribution in [1.82, 2.24) is 15.0 Å². The SMILES string of the molecule is [2H]C([2H])([2H])c1cnc(-c2[c-]cc(C([2H])([2H])C([2H])([2H])c3cc(CC(C)(C)c4ccc(-c5[c-]cccc5)nc4)cc(CC(C)(C)c4ccc(-c5[c-]cccc5)nc4)c3)cc2)cc1-c1ccc(C2CCCCC2)cc1.[Ir+3]. The first-order valence-electron chi connectivity index (χ1n) is 26.4. The van der Waals surface area contributed by atoms with Crippen LogP contribution in [0.5, 0.6) is 0 Å². The molecule has 1 aliphatic rings. The smallest absolute Gasteiger partial charge is 0.304 e. The molecule has 66 heavy (non-hydrogen) atoms. The molecule has 0 bridgehead atoms. The van der Waals surface area contributed by atoms with E-state index in [1.807, 2.05) is 97.3 Å². The van der Waals surface area contributed by atoms with Gasteiger partial charge in [0.2, 0.25) is 0 Å². The summed E-state index contributed by atoms with van der Waals surface area (Å²) < 4.78 is 63.4. The van der Waals surface area contributed by atoms with Crippen LogP contribution in [0, 0.1) is 25.1 Å². The Hall–Kier alpha value is -5.80. The van der Waals surface area contributed by atoms with Crippen molar-refractivity contribution in [3.63, 3.8) is 0 Å². The molecule has 0 radical (unpaired) electrons. The van der Waals surface area contributed by atoms with E-state index in [1.54, 1.807) is 18.2 Å². The van der Waals surface area contributed by atoms with Crippen LogP contribution in [0.1, 0.15) is 120 Å². The van der Waals surface area contributed by atoms with Crippen molar-refractivity contribution in [2.45, 2.75) is 109 Å². The topological polar surface area (TPSA) is 38.7 Å². The Kier molecular flexibility index (Phi) is 12.1. The number of hydrogen-bond acceptors (Lipinski definition) is 3. The number of aromatic nitrogens is 3. The van der Waals surface area contributed by atoms with Crippen LogP contribution in [0.15, 0.2) is 158 Å². The van der Waals surface area contributed by atoms with Crippen LogP contribution in [0.3, 0.4) is 0 Å². The second-order valence-electron chi connectivity index (χ2n) is 18.9. The molecule has 3 nitrogen and oxygen atoms in total. The van der Waals surface area contributed by atoms with Gasteiger partial charge < -0.3 is 15.0 Å². The quantitative estimate of drug-likeness (QED) is 0.102. The van der Waals surface area contributed by atoms with E-state index >= 15 is 0 Å². The molecule has 0 saturated heterocycles. The molecule has 1 aliphatic carbocycles. The molecular formula is C62H60IrN3. The third-order valence-corrected chi connectivity index (χ3v) is 13.0. The van der Waals surface area contributed by atoms with Crippen molar-refractivity contribution >= 4 is 0 Å². The maximum Gasteiger partial charge on any atom is 3.00 e. The predicted molar refractivity (Wildman–Crippen MR) is 269 cm³/mol. The molecule has 9 rings (SSSR count). The van der Waals surface area contributed by atoms with Gasteiger partial charge in [-0.05, 0) is 123 Å². The van der Waals surface area contributed by atoms with Crippen molar-refractivity contribution in [2.75, 3.05) is 0 Å². The Balaban J connectivity index is 0.00000711. The molecule has 5 aromatic carbocycles. The van der Waals surface area contributed by atoms with Gasteiger partial charge in [-0.2, -0.15) is 0 Å². The molecule has 0 unspecified atom stereocenters. The molecule has 1 saturated carbocycles. The fraction of sp³-hybridized carbons (Fsp3) is 0.274. The van der Waals surface area contributed by atoms with Gasteiger partial charge in [-0.15, -0.1) is 107 Å². The summed E-state index contributed by atoms with van der Waals surface area (Å²) in [6, 6.07) is 54.0. The summed E-state index contributed by atoms with van der Waals surface area (Å²) in [5.74, 6) is 0.519. The van der Waals surface area contributed by atoms with E-state index in [9.17, 15) is 5.48 Å². The van der Waals surface area contributed by atoms with E-state index < -0.39 is 30.4 Å². The van der Waals surface area contributed by atoms with Crippen LogP contribution in [-0.2, 0) is 56.5 Å². The van der Waals surface area contributed by atoms with Gasteiger partial charge in [0.15, 0.2) is 0 Å². The molecule has 332 valence electrons. The van der Waals surface area contributed by atoms with Gasteiger partial charge in [0.05, 0.1) is 0 Å². The molecule has 0 atom stereocenters. The standard InChI is InChI=1S/C62H60N3.Ir/c1-44-41-63-60(38-57(44)51-29-27-50(28-30-51)49-15-9-6-10-16-49)54-25-23-45(24-26-54)21-22-46-35-47(39-61(2,3)55-31-33-58(64-42-55)52-17-11-7-12-18-52)37-48(36-46)40-62(4,5)56-32-34-59(65-43-56)53-19-13-8-14-20-53;/h7-8,11-14,17,19,23-25,27-38,41-43,49H,6,9-10,15-16,21-22,39-40H2,1-5H3;/q-3;+3/i1D3,21D2,22D2;. The molecule has 0 aliphatic heterocycles. The van der Waals surface area contributed by atoms with Crippen molar-refractivity contribution in [1.29, 1.82) is 0 Å². The van der Waals surface area contributed by atoms with E-state index in [0.717, 1.165) is 50.3 Å². The molecule has 3 aromatic heterocycles. The normalized spacial score (nSPS) is 15.5. The Bertz CT molecular complexity index is 3000. The number of pyridine rings is 3. The molecule has 0 spiro atoms. The third-order valence-electron chi connectivity index (χ3n) is 13.0. The minimum Gasteiger partial charge on any atom is -0.304 e. The number of hydrogen-bond donors (Lipinski definition) is 0. The molecule has 0 amide bonds. The predicted octanol–water partition coefficient (Wildman–Crippen LogP) is 15.1. The van der Waals surface area contributed by atoms with E-state index in [4.69, 9.17) is 14.1 Å². The fourth-order valence-electron chi connectivity index (χ4n) is 9.29. The zero-order valence-electron chi connectivity index (χ0n) is 45.2. The minimum atomic E-state index is -2.50. The minimum absolute atomic E-state index is 0. The monoisotopic (exact) mass is 1050 g/mol. The second-order valence-corrected chi connectivity index (χ2v) is 18.9. The van der Waals surface area contributed by atoms with Gasteiger partial charge in [-0.3, -0.25) is 0 Å². The van der Waals surface area contributed by atoms with E-state index in [2.05, 4.69) is 81.2 Å². The molecule has 0 N–H and O–H groups in total. The molecule has 4 heteroatoms. The molecule has 3 heterocycles. The van der Waals surface area contributed by atoms with E-state index in [-0.39, 0.29) is 36.8 Å². The van der Waals surface area contributed by atoms with Gasteiger partial charge in [0.25, 0.3) is 0 Å². The summed E-state index contributed by atoms with van der Waals surface area (Å²) in [4.78, 5) is 14.2. The van der Waals surface area contributed by atoms with Crippen molar-refractivity contribution < 1.29 is 29.7 Å². The van der Waals surface area contributed by atoms with Crippen molar-refractivity contribution in [3.05, 3.63) is 221 Å². The van der Waals surface area contributed by atoms with Crippen LogP contribution in [0.4, 0.5) is 0 Å². The van der Waals surface area contributed by atoms with E-state index in [0.29, 0.717) is 35.6 Å². The first-order chi connectivity index (χ1) is 34.3. The molecule has 8 aromatic rings. The van der Waals surface area contributed by atoms with Crippen LogP contribution < -0.4 is 0 Å².